The van der Waals surface area contributed by atoms with Gasteiger partial charge in [-0.05, 0) is 6.42 Å². The van der Waals surface area contributed by atoms with Crippen molar-refractivity contribution in [2.45, 2.75) is 30.7 Å². The van der Waals surface area contributed by atoms with Gasteiger partial charge in [0.15, 0.2) is 5.65 Å². The zero-order chi connectivity index (χ0) is 13.6. The molecular formula is C10H14N6O3. The van der Waals surface area contributed by atoms with Gasteiger partial charge in [-0.15, -0.1) is 0 Å². The maximum absolute atomic E-state index is 10.0. The van der Waals surface area contributed by atoms with E-state index in [0.29, 0.717) is 23.3 Å². The van der Waals surface area contributed by atoms with Gasteiger partial charge in [0.25, 0.3) is 0 Å². The van der Waals surface area contributed by atoms with E-state index in [4.69, 9.17) is 10.9 Å². The van der Waals surface area contributed by atoms with E-state index in [1.165, 1.54) is 17.2 Å². The molecule has 1 saturated carbocycles. The highest BCUT2D eigenvalue weighted by Crippen LogP contribution is 2.32. The molecule has 1 aliphatic rings. The molecular weight excluding hydrogens is 252 g/mol. The number of rotatable bonds is 2. The summed E-state index contributed by atoms with van der Waals surface area (Å²) in [5, 5.41) is 33.5. The van der Waals surface area contributed by atoms with E-state index in [9.17, 15) is 10.2 Å². The van der Waals surface area contributed by atoms with Crippen LogP contribution in [0.4, 0.5) is 5.82 Å². The first-order chi connectivity index (χ1) is 9.13. The Balaban J connectivity index is 2.04. The summed E-state index contributed by atoms with van der Waals surface area (Å²) in [5.74, 6) is 0.307. The first-order valence-corrected chi connectivity index (χ1v) is 5.83. The highest BCUT2D eigenvalue weighted by atomic mass is 16.5. The summed E-state index contributed by atoms with van der Waals surface area (Å²) in [7, 11) is 0. The molecule has 4 atom stereocenters. The van der Waals surface area contributed by atoms with Gasteiger partial charge in [0.2, 0.25) is 0 Å². The summed E-state index contributed by atoms with van der Waals surface area (Å²) < 4.78 is 1.50. The molecule has 0 saturated heterocycles. The number of anilines is 1. The number of fused-ring (bicyclic) bond motifs is 1. The Morgan fingerprint density at radius 3 is 2.79 bits per heavy atom. The van der Waals surface area contributed by atoms with Crippen molar-refractivity contribution in [3.63, 3.8) is 0 Å². The highest BCUT2D eigenvalue weighted by molar-refractivity contribution is 5.84. The standard InChI is InChI=1S/C10H14N6O3/c11-9-4-2-14-16(10(4)13-3-12-9)6-1-5(15-19)7(17)8(6)18/h2-3,5-8,15,17-19H,1H2,(H2,11,12,13)/t5-,6+,7-,8+/m0/s1. The maximum Gasteiger partial charge on any atom is 0.163 e. The molecule has 0 aromatic carbocycles. The third-order valence-electron chi connectivity index (χ3n) is 3.55. The molecule has 102 valence electrons. The van der Waals surface area contributed by atoms with Crippen LogP contribution in [0.1, 0.15) is 12.5 Å². The van der Waals surface area contributed by atoms with Crippen molar-refractivity contribution in [2.75, 3.05) is 5.73 Å². The van der Waals surface area contributed by atoms with Gasteiger partial charge in [-0.1, -0.05) is 0 Å². The van der Waals surface area contributed by atoms with Crippen LogP contribution in [0.25, 0.3) is 11.0 Å². The normalized spacial score (nSPS) is 31.1. The van der Waals surface area contributed by atoms with E-state index in [1.54, 1.807) is 0 Å². The third-order valence-corrected chi connectivity index (χ3v) is 3.55. The number of hydrogen-bond donors (Lipinski definition) is 5. The lowest BCUT2D eigenvalue weighted by Crippen LogP contribution is -2.38. The van der Waals surface area contributed by atoms with E-state index in [1.807, 2.05) is 5.48 Å². The van der Waals surface area contributed by atoms with Crippen LogP contribution < -0.4 is 11.2 Å². The Hall–Kier alpha value is -1.81. The Bertz CT molecular complexity index is 602. The van der Waals surface area contributed by atoms with E-state index < -0.39 is 24.3 Å². The summed E-state index contributed by atoms with van der Waals surface area (Å²) in [6.07, 6.45) is 1.02. The van der Waals surface area contributed by atoms with Gasteiger partial charge >= 0.3 is 0 Å². The third kappa shape index (κ3) is 1.75. The number of nitrogen functional groups attached to an aromatic ring is 1. The first kappa shape index (κ1) is 12.2. The second-order valence-electron chi connectivity index (χ2n) is 4.61. The second kappa shape index (κ2) is 4.38. The van der Waals surface area contributed by atoms with Crippen molar-refractivity contribution >= 4 is 16.9 Å². The molecule has 2 aromatic rings. The van der Waals surface area contributed by atoms with Crippen LogP contribution >= 0.6 is 0 Å². The first-order valence-electron chi connectivity index (χ1n) is 5.83. The summed E-state index contributed by atoms with van der Waals surface area (Å²) >= 11 is 0. The van der Waals surface area contributed by atoms with Crippen molar-refractivity contribution in [1.82, 2.24) is 25.2 Å². The number of nitrogens with two attached hydrogens (primary N) is 1. The van der Waals surface area contributed by atoms with Crippen LogP contribution in [-0.2, 0) is 0 Å². The lowest BCUT2D eigenvalue weighted by molar-refractivity contribution is -0.0101. The number of aliphatic hydroxyl groups excluding tert-OH is 2. The van der Waals surface area contributed by atoms with Crippen molar-refractivity contribution in [1.29, 1.82) is 0 Å². The van der Waals surface area contributed by atoms with Crippen LogP contribution in [-0.4, -0.2) is 53.4 Å². The molecule has 9 nitrogen and oxygen atoms in total. The number of hydroxylamine groups is 1. The number of nitrogens with one attached hydrogen (secondary N) is 1. The lowest BCUT2D eigenvalue weighted by atomic mass is 10.2. The summed E-state index contributed by atoms with van der Waals surface area (Å²) in [6, 6.07) is -1.11. The predicted octanol–water partition coefficient (Wildman–Crippen LogP) is -1.58. The molecule has 2 aromatic heterocycles. The van der Waals surface area contributed by atoms with Crippen molar-refractivity contribution < 1.29 is 15.4 Å². The van der Waals surface area contributed by atoms with Crippen molar-refractivity contribution in [3.8, 4) is 0 Å². The Morgan fingerprint density at radius 1 is 1.32 bits per heavy atom. The summed E-state index contributed by atoms with van der Waals surface area (Å²) in [5.41, 5.74) is 8.19. The average molecular weight is 266 g/mol. The van der Waals surface area contributed by atoms with Gasteiger partial charge in [0.1, 0.15) is 18.2 Å². The lowest BCUT2D eigenvalue weighted by Gasteiger charge is -2.17. The summed E-state index contributed by atoms with van der Waals surface area (Å²) in [4.78, 5) is 7.95. The number of aliphatic hydroxyl groups is 2. The van der Waals surface area contributed by atoms with Crippen LogP contribution in [0.15, 0.2) is 12.5 Å². The molecule has 0 bridgehead atoms. The average Bonchev–Trinajstić information content (AvgIpc) is 2.94. The van der Waals surface area contributed by atoms with Crippen LogP contribution in [0.2, 0.25) is 0 Å². The van der Waals surface area contributed by atoms with Gasteiger partial charge in [-0.25, -0.2) is 14.6 Å². The molecule has 0 spiro atoms. The van der Waals surface area contributed by atoms with Crippen LogP contribution in [0.5, 0.6) is 0 Å². The molecule has 3 rings (SSSR count). The van der Waals surface area contributed by atoms with Gasteiger partial charge < -0.3 is 21.2 Å². The quantitative estimate of drug-likeness (QED) is 0.410. The van der Waals surface area contributed by atoms with Gasteiger partial charge in [-0.2, -0.15) is 10.6 Å². The minimum Gasteiger partial charge on any atom is -0.389 e. The van der Waals surface area contributed by atoms with Crippen LogP contribution in [0.3, 0.4) is 0 Å². The van der Waals surface area contributed by atoms with Crippen molar-refractivity contribution in [2.24, 2.45) is 0 Å². The molecule has 2 heterocycles. The van der Waals surface area contributed by atoms with E-state index in [-0.39, 0.29) is 0 Å². The van der Waals surface area contributed by atoms with E-state index in [2.05, 4.69) is 15.1 Å². The van der Waals surface area contributed by atoms with Crippen LogP contribution in [0, 0.1) is 0 Å². The van der Waals surface area contributed by atoms with E-state index in [0.717, 1.165) is 0 Å². The summed E-state index contributed by atoms with van der Waals surface area (Å²) in [6.45, 7) is 0. The molecule has 0 unspecified atom stereocenters. The fourth-order valence-electron chi connectivity index (χ4n) is 2.50. The fourth-order valence-corrected chi connectivity index (χ4v) is 2.50. The number of aromatic nitrogens is 4. The fraction of sp³-hybridized carbons (Fsp3) is 0.500. The topological polar surface area (TPSA) is 142 Å². The zero-order valence-electron chi connectivity index (χ0n) is 9.88. The minimum absolute atomic E-state index is 0.307. The number of nitrogens with zero attached hydrogens (tertiary/aromatic N) is 4. The predicted molar refractivity (Wildman–Crippen MR) is 64.1 cm³/mol. The minimum atomic E-state index is -1.08. The second-order valence-corrected chi connectivity index (χ2v) is 4.61. The Morgan fingerprint density at radius 2 is 2.11 bits per heavy atom. The number of hydrogen-bond acceptors (Lipinski definition) is 8. The Kier molecular flexibility index (Phi) is 2.82. The molecule has 19 heavy (non-hydrogen) atoms. The Labute approximate surface area is 107 Å². The van der Waals surface area contributed by atoms with Gasteiger partial charge in [0, 0.05) is 0 Å². The van der Waals surface area contributed by atoms with Gasteiger partial charge in [-0.3, -0.25) is 0 Å². The molecule has 1 fully saturated rings. The monoisotopic (exact) mass is 266 g/mol. The SMILES string of the molecule is Nc1ncnc2c1cnn2[C@@H]1C[C@H](NO)[C@H](O)[C@@H]1O. The maximum atomic E-state index is 10.0. The van der Waals surface area contributed by atoms with E-state index >= 15 is 0 Å². The molecule has 0 amide bonds. The molecule has 0 radical (unpaired) electrons. The molecule has 1 aliphatic carbocycles. The smallest absolute Gasteiger partial charge is 0.163 e. The zero-order valence-corrected chi connectivity index (χ0v) is 9.88. The molecule has 9 heteroatoms. The molecule has 0 aliphatic heterocycles. The highest BCUT2D eigenvalue weighted by Gasteiger charge is 2.43. The largest absolute Gasteiger partial charge is 0.389 e. The van der Waals surface area contributed by atoms with Crippen molar-refractivity contribution in [3.05, 3.63) is 12.5 Å². The van der Waals surface area contributed by atoms with Gasteiger partial charge in [0.05, 0.1) is 29.8 Å². The molecule has 6 N–H and O–H groups in total.